The molecule has 4 nitrogen and oxygen atoms in total. The number of thiocarbonyl (C=S) groups is 1. The van der Waals surface area contributed by atoms with Crippen molar-refractivity contribution >= 4 is 79.8 Å². The molecule has 3 aromatic carbocycles. The van der Waals surface area contributed by atoms with E-state index >= 15 is 0 Å². The number of hydrogen-bond donors (Lipinski definition) is 0. The standard InChI is InChI=1S/C22H13Cl3N4S2/c23-13-10-11-15(18(25)12-13)19-26-21-29(22(30)28(19)14-6-2-1-3-7-14)27-20(31-21)16-8-4-5-9-17(16)24/h1-12,19H/t19-/m1/s1. The van der Waals surface area contributed by atoms with Gasteiger partial charge < -0.3 is 0 Å². The quantitative estimate of drug-likeness (QED) is 0.353. The fraction of sp³-hybridized carbons (Fsp3) is 0.0455. The van der Waals surface area contributed by atoms with Crippen LogP contribution in [0.2, 0.25) is 15.1 Å². The van der Waals surface area contributed by atoms with Crippen molar-refractivity contribution in [2.45, 2.75) is 6.17 Å². The third kappa shape index (κ3) is 3.83. The Labute approximate surface area is 204 Å². The highest BCUT2D eigenvalue weighted by molar-refractivity contribution is 8.27. The molecule has 0 aromatic heterocycles. The molecule has 31 heavy (non-hydrogen) atoms. The molecule has 5 rings (SSSR count). The fourth-order valence-corrected chi connectivity index (χ4v) is 5.49. The summed E-state index contributed by atoms with van der Waals surface area (Å²) in [5.41, 5.74) is 2.52. The van der Waals surface area contributed by atoms with Crippen LogP contribution in [-0.2, 0) is 0 Å². The molecule has 0 bridgehead atoms. The SMILES string of the molecule is S=C1N2N=C(c3ccccc3Cl)SC2=N[C@@H](c2ccc(Cl)cc2Cl)N1c1ccccc1. The lowest BCUT2D eigenvalue weighted by molar-refractivity contribution is 0.598. The number of thioether (sulfide) groups is 1. The predicted molar refractivity (Wildman–Crippen MR) is 136 cm³/mol. The average Bonchev–Trinajstić information content (AvgIpc) is 3.19. The maximum Gasteiger partial charge on any atom is 0.205 e. The van der Waals surface area contributed by atoms with Crippen LogP contribution in [0.5, 0.6) is 0 Å². The summed E-state index contributed by atoms with van der Waals surface area (Å²) in [6.07, 6.45) is -0.459. The van der Waals surface area contributed by atoms with Gasteiger partial charge in [0.15, 0.2) is 11.3 Å². The lowest BCUT2D eigenvalue weighted by Crippen LogP contribution is -2.47. The molecule has 2 aliphatic heterocycles. The third-order valence-electron chi connectivity index (χ3n) is 4.80. The topological polar surface area (TPSA) is 31.2 Å². The van der Waals surface area contributed by atoms with Crippen molar-refractivity contribution < 1.29 is 0 Å². The molecule has 2 aliphatic rings. The van der Waals surface area contributed by atoms with Gasteiger partial charge in [0.1, 0.15) is 5.04 Å². The number of anilines is 1. The van der Waals surface area contributed by atoms with E-state index in [0.29, 0.717) is 25.3 Å². The van der Waals surface area contributed by atoms with Gasteiger partial charge in [-0.1, -0.05) is 77.3 Å². The number of rotatable bonds is 3. The summed E-state index contributed by atoms with van der Waals surface area (Å²) < 4.78 is 0. The van der Waals surface area contributed by atoms with Gasteiger partial charge in [-0.3, -0.25) is 4.90 Å². The molecule has 1 atom stereocenters. The second-order valence-corrected chi connectivity index (χ2v) is 9.31. The molecule has 0 aliphatic carbocycles. The first kappa shape index (κ1) is 20.8. The van der Waals surface area contributed by atoms with Gasteiger partial charge in [-0.2, -0.15) is 10.1 Å². The van der Waals surface area contributed by atoms with Crippen LogP contribution < -0.4 is 4.90 Å². The second-order valence-electron chi connectivity index (χ2n) is 6.74. The van der Waals surface area contributed by atoms with E-state index in [2.05, 4.69) is 0 Å². The number of hydrazone groups is 1. The van der Waals surface area contributed by atoms with Gasteiger partial charge in [0.2, 0.25) is 5.11 Å². The lowest BCUT2D eigenvalue weighted by Gasteiger charge is -2.38. The van der Waals surface area contributed by atoms with Crippen molar-refractivity contribution in [3.05, 3.63) is 99.0 Å². The number of fused-ring (bicyclic) bond motifs is 1. The number of amidine groups is 1. The highest BCUT2D eigenvalue weighted by atomic mass is 35.5. The monoisotopic (exact) mass is 502 g/mol. The number of aliphatic imine (C=N–C) groups is 1. The van der Waals surface area contributed by atoms with Crippen LogP contribution >= 0.6 is 58.8 Å². The minimum Gasteiger partial charge on any atom is -0.290 e. The molecule has 0 radical (unpaired) electrons. The number of halogens is 3. The van der Waals surface area contributed by atoms with Gasteiger partial charge in [-0.05, 0) is 54.3 Å². The molecular weight excluding hydrogens is 491 g/mol. The van der Waals surface area contributed by atoms with E-state index < -0.39 is 6.17 Å². The summed E-state index contributed by atoms with van der Waals surface area (Å²) in [5.74, 6) is 0. The minimum atomic E-state index is -0.459. The first-order valence-electron chi connectivity index (χ1n) is 9.25. The molecule has 0 N–H and O–H groups in total. The zero-order chi connectivity index (χ0) is 21.5. The summed E-state index contributed by atoms with van der Waals surface area (Å²) in [7, 11) is 0. The molecule has 3 aromatic rings. The van der Waals surface area contributed by atoms with Crippen LogP contribution in [0.15, 0.2) is 82.9 Å². The van der Waals surface area contributed by atoms with Crippen molar-refractivity contribution in [1.82, 2.24) is 5.01 Å². The molecule has 0 fully saturated rings. The van der Waals surface area contributed by atoms with Crippen LogP contribution in [0.25, 0.3) is 0 Å². The van der Waals surface area contributed by atoms with Crippen LogP contribution in [-0.4, -0.2) is 20.3 Å². The van der Waals surface area contributed by atoms with Gasteiger partial charge >= 0.3 is 0 Å². The van der Waals surface area contributed by atoms with E-state index in [1.807, 2.05) is 65.6 Å². The average molecular weight is 504 g/mol. The highest BCUT2D eigenvalue weighted by Crippen LogP contribution is 2.41. The summed E-state index contributed by atoms with van der Waals surface area (Å²) in [4.78, 5) is 6.92. The molecule has 154 valence electrons. The molecule has 0 amide bonds. The Kier molecular flexibility index (Phi) is 5.67. The summed E-state index contributed by atoms with van der Waals surface area (Å²) in [6.45, 7) is 0. The van der Waals surface area contributed by atoms with E-state index in [-0.39, 0.29) is 0 Å². The Morgan fingerprint density at radius 2 is 1.61 bits per heavy atom. The first-order valence-corrected chi connectivity index (χ1v) is 11.6. The smallest absolute Gasteiger partial charge is 0.205 e. The van der Waals surface area contributed by atoms with Crippen molar-refractivity contribution in [3.63, 3.8) is 0 Å². The Hall–Kier alpha value is -2.09. The zero-order valence-corrected chi connectivity index (χ0v) is 19.6. The van der Waals surface area contributed by atoms with E-state index in [1.165, 1.54) is 11.8 Å². The van der Waals surface area contributed by atoms with Crippen LogP contribution in [0.4, 0.5) is 5.69 Å². The van der Waals surface area contributed by atoms with Crippen molar-refractivity contribution in [3.8, 4) is 0 Å². The van der Waals surface area contributed by atoms with E-state index in [1.54, 1.807) is 17.1 Å². The fourth-order valence-electron chi connectivity index (χ4n) is 3.36. The van der Waals surface area contributed by atoms with Crippen molar-refractivity contribution in [2.24, 2.45) is 10.1 Å². The molecule has 0 spiro atoms. The third-order valence-corrected chi connectivity index (χ3v) is 7.02. The first-order chi connectivity index (χ1) is 15.0. The highest BCUT2D eigenvalue weighted by Gasteiger charge is 2.40. The Morgan fingerprint density at radius 1 is 0.871 bits per heavy atom. The van der Waals surface area contributed by atoms with Gasteiger partial charge in [0.05, 0.1) is 5.02 Å². The predicted octanol–water partition coefficient (Wildman–Crippen LogP) is 7.22. The van der Waals surface area contributed by atoms with Gasteiger partial charge in [-0.15, -0.1) is 0 Å². The van der Waals surface area contributed by atoms with Crippen LogP contribution in [0.3, 0.4) is 0 Å². The number of benzene rings is 3. The Balaban J connectivity index is 1.63. The Morgan fingerprint density at radius 3 is 2.35 bits per heavy atom. The summed E-state index contributed by atoms with van der Waals surface area (Å²) in [6, 6.07) is 22.8. The van der Waals surface area contributed by atoms with E-state index in [4.69, 9.17) is 57.1 Å². The van der Waals surface area contributed by atoms with Gasteiger partial charge in [0, 0.05) is 26.9 Å². The van der Waals surface area contributed by atoms with Crippen molar-refractivity contribution in [2.75, 3.05) is 4.90 Å². The Bertz CT molecular complexity index is 1250. The molecule has 0 saturated carbocycles. The van der Waals surface area contributed by atoms with E-state index in [9.17, 15) is 0 Å². The van der Waals surface area contributed by atoms with Gasteiger partial charge in [0.25, 0.3) is 0 Å². The van der Waals surface area contributed by atoms with Crippen molar-refractivity contribution in [1.29, 1.82) is 0 Å². The van der Waals surface area contributed by atoms with Crippen LogP contribution in [0, 0.1) is 0 Å². The molecule has 9 heteroatoms. The summed E-state index contributed by atoms with van der Waals surface area (Å²) in [5, 5.41) is 10.0. The van der Waals surface area contributed by atoms with Crippen LogP contribution in [0.1, 0.15) is 17.3 Å². The molecule has 0 unspecified atom stereocenters. The largest absolute Gasteiger partial charge is 0.290 e. The number of hydrogen-bond acceptors (Lipinski definition) is 4. The maximum absolute atomic E-state index is 6.56. The molecule has 2 heterocycles. The normalized spacial score (nSPS) is 18.0. The molecular formula is C22H13Cl3N4S2. The van der Waals surface area contributed by atoms with E-state index in [0.717, 1.165) is 21.9 Å². The number of para-hydroxylation sites is 1. The zero-order valence-electron chi connectivity index (χ0n) is 15.7. The van der Waals surface area contributed by atoms with Gasteiger partial charge in [-0.25, -0.2) is 4.99 Å². The second kappa shape index (κ2) is 8.45. The minimum absolute atomic E-state index is 0.459. The summed E-state index contributed by atoms with van der Waals surface area (Å²) >= 11 is 26.4. The lowest BCUT2D eigenvalue weighted by atomic mass is 10.1. The molecule has 0 saturated heterocycles. The number of nitrogens with zero attached hydrogens (tertiary/aromatic N) is 4. The maximum atomic E-state index is 6.56.